The quantitative estimate of drug-likeness (QED) is 0.795. The summed E-state index contributed by atoms with van der Waals surface area (Å²) >= 11 is 1.80. The molecule has 4 heteroatoms. The van der Waals surface area contributed by atoms with Crippen LogP contribution in [0, 0.1) is 0 Å². The van der Waals surface area contributed by atoms with Crippen LogP contribution in [0.3, 0.4) is 0 Å². The van der Waals surface area contributed by atoms with Gasteiger partial charge in [0.1, 0.15) is 5.01 Å². The summed E-state index contributed by atoms with van der Waals surface area (Å²) < 4.78 is 5.40. The van der Waals surface area contributed by atoms with E-state index in [1.54, 1.807) is 11.3 Å². The van der Waals surface area contributed by atoms with Gasteiger partial charge < -0.3 is 10.1 Å². The number of hydrogen-bond acceptors (Lipinski definition) is 4. The van der Waals surface area contributed by atoms with E-state index in [-0.39, 0.29) is 0 Å². The number of nitrogens with one attached hydrogen (secondary N) is 1. The van der Waals surface area contributed by atoms with Crippen LogP contribution in [0.15, 0.2) is 0 Å². The van der Waals surface area contributed by atoms with E-state index in [4.69, 9.17) is 4.74 Å². The fourth-order valence-corrected chi connectivity index (χ4v) is 2.67. The van der Waals surface area contributed by atoms with E-state index in [1.807, 2.05) is 6.92 Å². The Kier molecular flexibility index (Phi) is 4.32. The van der Waals surface area contributed by atoms with Crippen molar-refractivity contribution in [1.29, 1.82) is 0 Å². The SMILES string of the molecule is CCOCc1nc(CC)c(CNC2CC2)s1. The second-order valence-electron chi connectivity index (χ2n) is 4.12. The Morgan fingerprint density at radius 1 is 1.44 bits per heavy atom. The van der Waals surface area contributed by atoms with Gasteiger partial charge in [0.15, 0.2) is 0 Å². The van der Waals surface area contributed by atoms with Crippen molar-refractivity contribution in [1.82, 2.24) is 10.3 Å². The molecular formula is C12H20N2OS. The standard InChI is InChI=1S/C12H20N2OS/c1-3-10-11(7-13-9-5-6-9)16-12(14-10)8-15-4-2/h9,13H,3-8H2,1-2H3. The first-order chi connectivity index (χ1) is 7.83. The summed E-state index contributed by atoms with van der Waals surface area (Å²) in [5.41, 5.74) is 1.24. The number of ether oxygens (including phenoxy) is 1. The van der Waals surface area contributed by atoms with Crippen molar-refractivity contribution < 1.29 is 4.74 Å². The Hall–Kier alpha value is -0.450. The first-order valence-corrected chi connectivity index (χ1v) is 6.93. The van der Waals surface area contributed by atoms with Crippen molar-refractivity contribution in [2.24, 2.45) is 0 Å². The molecule has 1 saturated carbocycles. The van der Waals surface area contributed by atoms with E-state index in [9.17, 15) is 0 Å². The molecule has 0 radical (unpaired) electrons. The molecule has 0 bridgehead atoms. The summed E-state index contributed by atoms with van der Waals surface area (Å²) in [6.07, 6.45) is 3.70. The van der Waals surface area contributed by atoms with Crippen LogP contribution in [0.2, 0.25) is 0 Å². The van der Waals surface area contributed by atoms with Crippen molar-refractivity contribution in [3.8, 4) is 0 Å². The van der Waals surface area contributed by atoms with E-state index in [1.165, 1.54) is 23.4 Å². The second-order valence-corrected chi connectivity index (χ2v) is 5.29. The third-order valence-corrected chi connectivity index (χ3v) is 3.79. The lowest BCUT2D eigenvalue weighted by Crippen LogP contribution is -2.15. The first-order valence-electron chi connectivity index (χ1n) is 6.12. The fourth-order valence-electron chi connectivity index (χ4n) is 1.63. The topological polar surface area (TPSA) is 34.1 Å². The largest absolute Gasteiger partial charge is 0.375 e. The van der Waals surface area contributed by atoms with Crippen molar-refractivity contribution in [3.63, 3.8) is 0 Å². The Bertz CT molecular complexity index is 334. The molecular weight excluding hydrogens is 220 g/mol. The molecule has 1 aliphatic carbocycles. The van der Waals surface area contributed by atoms with Gasteiger partial charge >= 0.3 is 0 Å². The maximum atomic E-state index is 5.40. The monoisotopic (exact) mass is 240 g/mol. The van der Waals surface area contributed by atoms with Gasteiger partial charge in [-0.15, -0.1) is 11.3 Å². The molecule has 1 aromatic heterocycles. The van der Waals surface area contributed by atoms with Gasteiger partial charge in [-0.25, -0.2) is 4.98 Å². The Balaban J connectivity index is 1.93. The highest BCUT2D eigenvalue weighted by molar-refractivity contribution is 7.11. The zero-order valence-corrected chi connectivity index (χ0v) is 10.9. The van der Waals surface area contributed by atoms with Crippen molar-refractivity contribution in [2.75, 3.05) is 6.61 Å². The number of aromatic nitrogens is 1. The number of nitrogens with zero attached hydrogens (tertiary/aromatic N) is 1. The molecule has 0 saturated heterocycles. The zero-order valence-electron chi connectivity index (χ0n) is 10.1. The van der Waals surface area contributed by atoms with E-state index < -0.39 is 0 Å². The molecule has 0 aromatic carbocycles. The molecule has 2 rings (SSSR count). The van der Waals surface area contributed by atoms with E-state index in [2.05, 4.69) is 17.2 Å². The number of aryl methyl sites for hydroxylation is 1. The van der Waals surface area contributed by atoms with Crippen LogP contribution in [0.5, 0.6) is 0 Å². The van der Waals surface area contributed by atoms with Gasteiger partial charge in [-0.2, -0.15) is 0 Å². The number of hydrogen-bond donors (Lipinski definition) is 1. The summed E-state index contributed by atoms with van der Waals surface area (Å²) in [6.45, 7) is 6.59. The summed E-state index contributed by atoms with van der Waals surface area (Å²) in [5, 5.41) is 4.66. The summed E-state index contributed by atoms with van der Waals surface area (Å²) in [7, 11) is 0. The Labute approximate surface area is 101 Å². The third-order valence-electron chi connectivity index (χ3n) is 2.72. The molecule has 1 aromatic rings. The summed E-state index contributed by atoms with van der Waals surface area (Å²) in [5.74, 6) is 0. The maximum absolute atomic E-state index is 5.40. The Morgan fingerprint density at radius 3 is 2.88 bits per heavy atom. The van der Waals surface area contributed by atoms with Gasteiger partial charge in [-0.05, 0) is 26.2 Å². The molecule has 1 heterocycles. The van der Waals surface area contributed by atoms with Crippen LogP contribution < -0.4 is 5.32 Å². The predicted molar refractivity (Wildman–Crippen MR) is 66.7 cm³/mol. The average Bonchev–Trinajstić information content (AvgIpc) is 3.04. The lowest BCUT2D eigenvalue weighted by atomic mass is 10.3. The summed E-state index contributed by atoms with van der Waals surface area (Å²) in [6, 6.07) is 0.766. The molecule has 90 valence electrons. The minimum Gasteiger partial charge on any atom is -0.375 e. The first kappa shape index (κ1) is 12.0. The lowest BCUT2D eigenvalue weighted by molar-refractivity contribution is 0.134. The molecule has 0 amide bonds. The molecule has 0 atom stereocenters. The molecule has 1 aliphatic rings. The lowest BCUT2D eigenvalue weighted by Gasteiger charge is -2.00. The van der Waals surface area contributed by atoms with Crippen molar-refractivity contribution in [3.05, 3.63) is 15.6 Å². The van der Waals surface area contributed by atoms with Crippen molar-refractivity contribution >= 4 is 11.3 Å². The highest BCUT2D eigenvalue weighted by atomic mass is 32.1. The maximum Gasteiger partial charge on any atom is 0.119 e. The minimum atomic E-state index is 0.664. The Morgan fingerprint density at radius 2 is 2.25 bits per heavy atom. The average molecular weight is 240 g/mol. The van der Waals surface area contributed by atoms with Gasteiger partial charge in [0.2, 0.25) is 0 Å². The smallest absolute Gasteiger partial charge is 0.119 e. The molecule has 0 unspecified atom stereocenters. The molecule has 0 aliphatic heterocycles. The molecule has 1 N–H and O–H groups in total. The van der Waals surface area contributed by atoms with E-state index >= 15 is 0 Å². The summed E-state index contributed by atoms with van der Waals surface area (Å²) in [4.78, 5) is 6.01. The molecule has 1 fully saturated rings. The van der Waals surface area contributed by atoms with Crippen molar-refractivity contribution in [2.45, 2.75) is 52.3 Å². The highest BCUT2D eigenvalue weighted by Gasteiger charge is 2.21. The van der Waals surface area contributed by atoms with Crippen LogP contribution in [0.4, 0.5) is 0 Å². The predicted octanol–water partition coefficient (Wildman–Crippen LogP) is 2.49. The van der Waals surface area contributed by atoms with E-state index in [0.29, 0.717) is 6.61 Å². The highest BCUT2D eigenvalue weighted by Crippen LogP contribution is 2.23. The van der Waals surface area contributed by atoms with Gasteiger partial charge in [0, 0.05) is 24.1 Å². The van der Waals surface area contributed by atoms with E-state index in [0.717, 1.165) is 30.6 Å². The van der Waals surface area contributed by atoms with Crippen LogP contribution in [0.25, 0.3) is 0 Å². The van der Waals surface area contributed by atoms with Gasteiger partial charge in [-0.3, -0.25) is 0 Å². The van der Waals surface area contributed by atoms with Crippen LogP contribution in [-0.2, 0) is 24.3 Å². The van der Waals surface area contributed by atoms with Gasteiger partial charge in [0.05, 0.1) is 12.3 Å². The van der Waals surface area contributed by atoms with Crippen LogP contribution in [0.1, 0.15) is 42.3 Å². The van der Waals surface area contributed by atoms with Crippen LogP contribution in [-0.4, -0.2) is 17.6 Å². The zero-order chi connectivity index (χ0) is 11.4. The normalized spacial score (nSPS) is 15.6. The third kappa shape index (κ3) is 3.27. The number of rotatable bonds is 7. The minimum absolute atomic E-state index is 0.664. The fraction of sp³-hybridized carbons (Fsp3) is 0.750. The second kappa shape index (κ2) is 5.75. The van der Waals surface area contributed by atoms with Gasteiger partial charge in [0.25, 0.3) is 0 Å². The molecule has 16 heavy (non-hydrogen) atoms. The number of thiazole rings is 1. The molecule has 0 spiro atoms. The van der Waals surface area contributed by atoms with Crippen LogP contribution >= 0.6 is 11.3 Å². The molecule has 3 nitrogen and oxygen atoms in total. The van der Waals surface area contributed by atoms with Gasteiger partial charge in [-0.1, -0.05) is 6.92 Å².